The van der Waals surface area contributed by atoms with Crippen LogP contribution in [0.3, 0.4) is 0 Å². The number of hydrogen-bond donors (Lipinski definition) is 3. The third-order valence-corrected chi connectivity index (χ3v) is 7.59. The van der Waals surface area contributed by atoms with Crippen molar-refractivity contribution in [3.05, 3.63) is 54.1 Å². The fraction of sp³-hybridized carbons (Fsp3) is 0.500. The highest BCUT2D eigenvalue weighted by Crippen LogP contribution is 2.38. The summed E-state index contributed by atoms with van der Waals surface area (Å²) in [5.74, 6) is 0.885. The van der Waals surface area contributed by atoms with Gasteiger partial charge >= 0.3 is 0 Å². The Morgan fingerprint density at radius 2 is 1.78 bits per heavy atom. The van der Waals surface area contributed by atoms with Crippen molar-refractivity contribution in [1.29, 1.82) is 0 Å². The molecule has 1 fully saturated rings. The number of allylic oxidation sites excluding steroid dienone is 4. The average Bonchev–Trinajstić information content (AvgIpc) is 2.76. The van der Waals surface area contributed by atoms with E-state index < -0.39 is 22.0 Å². The second-order valence-corrected chi connectivity index (χ2v) is 10.6. The Balaban J connectivity index is 1.39. The fourth-order valence-corrected chi connectivity index (χ4v) is 5.43. The van der Waals surface area contributed by atoms with E-state index in [4.69, 9.17) is 0 Å². The predicted molar refractivity (Wildman–Crippen MR) is 124 cm³/mol. The van der Waals surface area contributed by atoms with Gasteiger partial charge in [0.2, 0.25) is 21.8 Å². The molecule has 32 heavy (non-hydrogen) atoms. The summed E-state index contributed by atoms with van der Waals surface area (Å²) < 4.78 is 26.9. The van der Waals surface area contributed by atoms with Gasteiger partial charge in [-0.1, -0.05) is 48.4 Å². The van der Waals surface area contributed by atoms with E-state index in [0.29, 0.717) is 24.3 Å². The normalized spacial score (nSPS) is 23.2. The van der Waals surface area contributed by atoms with Crippen LogP contribution in [0.15, 0.2) is 53.5 Å². The predicted octanol–water partition coefficient (Wildman–Crippen LogP) is 2.44. The molecule has 2 aliphatic carbocycles. The monoisotopic (exact) mass is 459 g/mol. The van der Waals surface area contributed by atoms with E-state index in [2.05, 4.69) is 39.7 Å². The number of aryl methyl sites for hydroxylation is 1. The number of nitrogens with one attached hydrogen (secondary N) is 3. The minimum absolute atomic E-state index is 0.108. The van der Waals surface area contributed by atoms with Gasteiger partial charge in [-0.05, 0) is 56.6 Å². The topological polar surface area (TPSA) is 104 Å². The summed E-state index contributed by atoms with van der Waals surface area (Å²) in [4.78, 5) is 24.6. The van der Waals surface area contributed by atoms with E-state index in [1.165, 1.54) is 25.0 Å². The van der Waals surface area contributed by atoms with Crippen molar-refractivity contribution in [2.45, 2.75) is 50.5 Å². The van der Waals surface area contributed by atoms with Gasteiger partial charge in [-0.15, -0.1) is 0 Å². The van der Waals surface area contributed by atoms with E-state index >= 15 is 0 Å². The van der Waals surface area contributed by atoms with Crippen LogP contribution in [0.4, 0.5) is 0 Å². The van der Waals surface area contributed by atoms with Crippen molar-refractivity contribution < 1.29 is 18.0 Å². The molecule has 0 aromatic heterocycles. The Hall–Kier alpha value is -2.45. The van der Waals surface area contributed by atoms with Crippen LogP contribution in [-0.2, 0) is 19.6 Å². The molecule has 1 saturated carbocycles. The number of hydrogen-bond acceptors (Lipinski definition) is 4. The molecule has 174 valence electrons. The fourth-order valence-electron chi connectivity index (χ4n) is 4.45. The van der Waals surface area contributed by atoms with Crippen molar-refractivity contribution in [3.63, 3.8) is 0 Å². The van der Waals surface area contributed by atoms with Crippen LogP contribution in [0, 0.1) is 24.7 Å². The molecule has 0 aliphatic heterocycles. The highest BCUT2D eigenvalue weighted by Gasteiger charge is 2.31. The molecule has 1 aromatic carbocycles. The number of carbonyl (C=O) groups excluding carboxylic acids is 2. The van der Waals surface area contributed by atoms with E-state index in [9.17, 15) is 18.0 Å². The third kappa shape index (κ3) is 6.77. The molecule has 2 aliphatic rings. The molecule has 0 saturated heterocycles. The summed E-state index contributed by atoms with van der Waals surface area (Å²) in [5, 5.41) is 5.69. The number of benzene rings is 1. The van der Waals surface area contributed by atoms with Gasteiger partial charge in [0.25, 0.3) is 0 Å². The number of fused-ring (bicyclic) bond motifs is 1. The Bertz CT molecular complexity index is 969. The maximum absolute atomic E-state index is 12.4. The van der Waals surface area contributed by atoms with Gasteiger partial charge in [-0.3, -0.25) is 9.59 Å². The lowest BCUT2D eigenvalue weighted by Crippen LogP contribution is -2.43. The van der Waals surface area contributed by atoms with Crippen LogP contribution in [-0.4, -0.2) is 39.4 Å². The van der Waals surface area contributed by atoms with Crippen LogP contribution in [0.2, 0.25) is 0 Å². The molecule has 1 aromatic rings. The Labute approximate surface area is 190 Å². The molecule has 2 amide bonds. The average molecular weight is 460 g/mol. The smallest absolute Gasteiger partial charge is 0.241 e. The van der Waals surface area contributed by atoms with Crippen molar-refractivity contribution in [2.24, 2.45) is 17.8 Å². The van der Waals surface area contributed by atoms with Crippen LogP contribution >= 0.6 is 0 Å². The number of sulfonamides is 1. The first kappa shape index (κ1) is 24.2. The Kier molecular flexibility index (Phi) is 8.26. The molecule has 3 N–H and O–H groups in total. The number of rotatable bonds is 9. The molecule has 0 radical (unpaired) electrons. The molecule has 0 bridgehead atoms. The first-order chi connectivity index (χ1) is 15.2. The van der Waals surface area contributed by atoms with E-state index in [0.717, 1.165) is 12.0 Å². The zero-order valence-corrected chi connectivity index (χ0v) is 19.5. The first-order valence-electron chi connectivity index (χ1n) is 11.2. The second kappa shape index (κ2) is 10.9. The molecule has 7 nitrogen and oxygen atoms in total. The second-order valence-electron chi connectivity index (χ2n) is 8.82. The van der Waals surface area contributed by atoms with Gasteiger partial charge in [0.15, 0.2) is 0 Å². The van der Waals surface area contributed by atoms with Gasteiger partial charge in [0.05, 0.1) is 11.4 Å². The molecular formula is C24H33N3O4S. The highest BCUT2D eigenvalue weighted by atomic mass is 32.2. The maximum Gasteiger partial charge on any atom is 0.241 e. The molecule has 0 heterocycles. The van der Waals surface area contributed by atoms with Crippen LogP contribution in [0.25, 0.3) is 0 Å². The van der Waals surface area contributed by atoms with Crippen LogP contribution in [0.5, 0.6) is 0 Å². The van der Waals surface area contributed by atoms with E-state index in [-0.39, 0.29) is 23.8 Å². The minimum atomic E-state index is -3.76. The van der Waals surface area contributed by atoms with Crippen molar-refractivity contribution >= 4 is 21.8 Å². The van der Waals surface area contributed by atoms with Gasteiger partial charge in [-0.25, -0.2) is 13.1 Å². The van der Waals surface area contributed by atoms with Gasteiger partial charge in [0, 0.05) is 19.0 Å². The lowest BCUT2D eigenvalue weighted by molar-refractivity contribution is -0.123. The first-order valence-corrected chi connectivity index (χ1v) is 12.7. The van der Waals surface area contributed by atoms with Gasteiger partial charge in [0.1, 0.15) is 0 Å². The standard InChI is InChI=1S/C24H33N3O4S/c1-17-10-12-21(13-11-17)32(30,31)26-16-24(29)27-18(2)14-23(28)25-15-20-8-5-7-19-6-3-4-9-22(19)20/h3-4,6,9-13,18-20,22,26H,5,7-8,14-16H2,1-2H3,(H,25,28)(H,27,29)/t18-,19?,20?,22?/m0/s1. The molecule has 3 unspecified atom stereocenters. The summed E-state index contributed by atoms with van der Waals surface area (Å²) in [6, 6.07) is 5.99. The van der Waals surface area contributed by atoms with Crippen LogP contribution < -0.4 is 15.4 Å². The molecule has 3 rings (SSSR count). The van der Waals surface area contributed by atoms with E-state index in [1.54, 1.807) is 19.1 Å². The summed E-state index contributed by atoms with van der Waals surface area (Å²) in [6.45, 7) is 3.85. The summed E-state index contributed by atoms with van der Waals surface area (Å²) in [7, 11) is -3.76. The van der Waals surface area contributed by atoms with Crippen molar-refractivity contribution in [1.82, 2.24) is 15.4 Å². The highest BCUT2D eigenvalue weighted by molar-refractivity contribution is 7.89. The lowest BCUT2D eigenvalue weighted by atomic mass is 9.70. The SMILES string of the molecule is Cc1ccc(S(=O)(=O)NCC(=O)N[C@@H](C)CC(=O)NCC2CCCC3C=CC=CC32)cc1. The lowest BCUT2D eigenvalue weighted by Gasteiger charge is -2.36. The van der Waals surface area contributed by atoms with Gasteiger partial charge in [-0.2, -0.15) is 0 Å². The van der Waals surface area contributed by atoms with Crippen LogP contribution in [0.1, 0.15) is 38.2 Å². The van der Waals surface area contributed by atoms with E-state index in [1.807, 2.05) is 6.92 Å². The zero-order valence-electron chi connectivity index (χ0n) is 18.7. The maximum atomic E-state index is 12.4. The summed E-state index contributed by atoms with van der Waals surface area (Å²) in [6.07, 6.45) is 12.3. The molecular weight excluding hydrogens is 426 g/mol. The van der Waals surface area contributed by atoms with Gasteiger partial charge < -0.3 is 10.6 Å². The number of carbonyl (C=O) groups is 2. The summed E-state index contributed by atoms with van der Waals surface area (Å²) in [5.41, 5.74) is 0.948. The largest absolute Gasteiger partial charge is 0.356 e. The van der Waals surface area contributed by atoms with Crippen molar-refractivity contribution in [3.8, 4) is 0 Å². The van der Waals surface area contributed by atoms with Crippen molar-refractivity contribution in [2.75, 3.05) is 13.1 Å². The quantitative estimate of drug-likeness (QED) is 0.528. The molecule has 8 heteroatoms. The third-order valence-electron chi connectivity index (χ3n) is 6.17. The number of amides is 2. The zero-order chi connectivity index (χ0) is 23.1. The molecule has 4 atom stereocenters. The Morgan fingerprint density at radius 1 is 1.06 bits per heavy atom. The minimum Gasteiger partial charge on any atom is -0.356 e. The summed E-state index contributed by atoms with van der Waals surface area (Å²) >= 11 is 0. The molecule has 0 spiro atoms. The Morgan fingerprint density at radius 3 is 2.53 bits per heavy atom.